The quantitative estimate of drug-likeness (QED) is 0.907. The van der Waals surface area contributed by atoms with Gasteiger partial charge in [-0.25, -0.2) is 0 Å². The van der Waals surface area contributed by atoms with Gasteiger partial charge in [-0.2, -0.15) is 5.10 Å². The number of phenols is 1. The van der Waals surface area contributed by atoms with E-state index >= 15 is 0 Å². The van der Waals surface area contributed by atoms with Crippen molar-refractivity contribution in [2.75, 3.05) is 14.1 Å². The largest absolute Gasteiger partial charge is 0.507 e. The van der Waals surface area contributed by atoms with E-state index in [1.807, 2.05) is 19.3 Å². The van der Waals surface area contributed by atoms with Crippen LogP contribution < -0.4 is 0 Å². The minimum absolute atomic E-state index is 0.0304. The zero-order chi connectivity index (χ0) is 14.0. The third-order valence-corrected chi connectivity index (χ3v) is 2.93. The lowest BCUT2D eigenvalue weighted by molar-refractivity contribution is -0.127. The van der Waals surface area contributed by atoms with E-state index in [0.717, 1.165) is 11.1 Å². The summed E-state index contributed by atoms with van der Waals surface area (Å²) in [6.07, 6.45) is 3.83. The normalized spacial score (nSPS) is 10.5. The van der Waals surface area contributed by atoms with E-state index in [4.69, 9.17) is 0 Å². The highest BCUT2D eigenvalue weighted by Gasteiger charge is 2.10. The SMILES string of the molecule is CN(C)C(=O)Cc1ccc(O)c(-c2cnn(C)c2)c1. The van der Waals surface area contributed by atoms with Crippen LogP contribution in [0.4, 0.5) is 0 Å². The molecule has 19 heavy (non-hydrogen) atoms. The fourth-order valence-corrected chi connectivity index (χ4v) is 1.82. The van der Waals surface area contributed by atoms with Crippen molar-refractivity contribution in [3.8, 4) is 16.9 Å². The van der Waals surface area contributed by atoms with Crippen LogP contribution in [0.5, 0.6) is 5.75 Å². The average molecular weight is 259 g/mol. The summed E-state index contributed by atoms with van der Waals surface area (Å²) in [6, 6.07) is 5.20. The number of nitrogens with zero attached hydrogens (tertiary/aromatic N) is 3. The first kappa shape index (κ1) is 13.1. The zero-order valence-corrected chi connectivity index (χ0v) is 11.3. The molecular weight excluding hydrogens is 242 g/mol. The van der Waals surface area contributed by atoms with Crippen LogP contribution in [0.1, 0.15) is 5.56 Å². The predicted octanol–water partition coefficient (Wildman–Crippen LogP) is 1.42. The second kappa shape index (κ2) is 5.14. The van der Waals surface area contributed by atoms with Gasteiger partial charge in [0.05, 0.1) is 12.6 Å². The first-order valence-electron chi connectivity index (χ1n) is 5.98. The smallest absolute Gasteiger partial charge is 0.226 e. The molecule has 2 aromatic rings. The molecule has 0 saturated carbocycles. The topological polar surface area (TPSA) is 58.4 Å². The van der Waals surface area contributed by atoms with E-state index < -0.39 is 0 Å². The van der Waals surface area contributed by atoms with Crippen molar-refractivity contribution in [2.24, 2.45) is 7.05 Å². The minimum atomic E-state index is 0.0304. The summed E-state index contributed by atoms with van der Waals surface area (Å²) in [7, 11) is 5.27. The molecule has 0 unspecified atom stereocenters. The summed E-state index contributed by atoms with van der Waals surface area (Å²) in [6.45, 7) is 0. The molecular formula is C14H17N3O2. The molecule has 1 aromatic carbocycles. The van der Waals surface area contributed by atoms with Gasteiger partial charge in [-0.1, -0.05) is 6.07 Å². The zero-order valence-electron chi connectivity index (χ0n) is 11.3. The van der Waals surface area contributed by atoms with Crippen molar-refractivity contribution in [1.82, 2.24) is 14.7 Å². The van der Waals surface area contributed by atoms with E-state index in [-0.39, 0.29) is 11.7 Å². The number of aromatic hydroxyl groups is 1. The van der Waals surface area contributed by atoms with Crippen LogP contribution >= 0.6 is 0 Å². The Kier molecular flexibility index (Phi) is 3.55. The summed E-state index contributed by atoms with van der Waals surface area (Å²) in [5.74, 6) is 0.219. The maximum Gasteiger partial charge on any atom is 0.226 e. The average Bonchev–Trinajstić information content (AvgIpc) is 2.78. The summed E-state index contributed by atoms with van der Waals surface area (Å²) in [5.41, 5.74) is 2.40. The summed E-state index contributed by atoms with van der Waals surface area (Å²) < 4.78 is 1.67. The molecule has 0 bridgehead atoms. The van der Waals surface area contributed by atoms with E-state index in [9.17, 15) is 9.90 Å². The maximum absolute atomic E-state index is 11.7. The lowest BCUT2D eigenvalue weighted by Crippen LogP contribution is -2.23. The van der Waals surface area contributed by atoms with Gasteiger partial charge in [0.2, 0.25) is 5.91 Å². The van der Waals surface area contributed by atoms with Crippen molar-refractivity contribution in [3.63, 3.8) is 0 Å². The second-order valence-electron chi connectivity index (χ2n) is 4.72. The number of phenolic OH excluding ortho intramolecular Hbond substituents is 1. The summed E-state index contributed by atoms with van der Waals surface area (Å²) in [5, 5.41) is 14.0. The van der Waals surface area contributed by atoms with Crippen LogP contribution in [-0.2, 0) is 18.3 Å². The number of amides is 1. The Morgan fingerprint density at radius 1 is 1.42 bits per heavy atom. The van der Waals surface area contributed by atoms with Crippen molar-refractivity contribution < 1.29 is 9.90 Å². The molecule has 5 heteroatoms. The molecule has 0 aliphatic carbocycles. The monoisotopic (exact) mass is 259 g/mol. The minimum Gasteiger partial charge on any atom is -0.507 e. The third kappa shape index (κ3) is 2.93. The molecule has 0 radical (unpaired) electrons. The van der Waals surface area contributed by atoms with Crippen LogP contribution in [0.2, 0.25) is 0 Å². The number of rotatable bonds is 3. The van der Waals surface area contributed by atoms with Gasteiger partial charge in [0.15, 0.2) is 0 Å². The number of carbonyl (C=O) groups is 1. The Hall–Kier alpha value is -2.30. The highest BCUT2D eigenvalue weighted by atomic mass is 16.3. The lowest BCUT2D eigenvalue weighted by atomic mass is 10.0. The molecule has 1 aromatic heterocycles. The van der Waals surface area contributed by atoms with Crippen LogP contribution in [0.25, 0.3) is 11.1 Å². The first-order chi connectivity index (χ1) is 8.97. The van der Waals surface area contributed by atoms with Crippen molar-refractivity contribution >= 4 is 5.91 Å². The number of likely N-dealkylation sites (N-methyl/N-ethyl adjacent to an activating group) is 1. The lowest BCUT2D eigenvalue weighted by Gasteiger charge is -2.11. The van der Waals surface area contributed by atoms with Crippen LogP contribution in [0.15, 0.2) is 30.6 Å². The van der Waals surface area contributed by atoms with E-state index in [0.29, 0.717) is 12.0 Å². The van der Waals surface area contributed by atoms with Gasteiger partial charge in [0, 0.05) is 38.5 Å². The van der Waals surface area contributed by atoms with Crippen molar-refractivity contribution in [2.45, 2.75) is 6.42 Å². The molecule has 1 heterocycles. The Balaban J connectivity index is 2.32. The van der Waals surface area contributed by atoms with E-state index in [1.165, 1.54) is 0 Å². The molecule has 2 rings (SSSR count). The standard InChI is InChI=1S/C14H17N3O2/c1-16(2)14(19)7-10-4-5-13(18)12(6-10)11-8-15-17(3)9-11/h4-6,8-9,18H,7H2,1-3H3. The highest BCUT2D eigenvalue weighted by molar-refractivity contribution is 5.79. The first-order valence-corrected chi connectivity index (χ1v) is 5.98. The third-order valence-electron chi connectivity index (χ3n) is 2.93. The fraction of sp³-hybridized carbons (Fsp3) is 0.286. The molecule has 1 amide bonds. The molecule has 0 fully saturated rings. The summed E-state index contributed by atoms with van der Waals surface area (Å²) >= 11 is 0. The number of hydrogen-bond acceptors (Lipinski definition) is 3. The van der Waals surface area contributed by atoms with Gasteiger partial charge in [0.25, 0.3) is 0 Å². The number of aromatic nitrogens is 2. The molecule has 0 aliphatic rings. The number of aryl methyl sites for hydroxylation is 1. The van der Waals surface area contributed by atoms with Crippen molar-refractivity contribution in [1.29, 1.82) is 0 Å². The number of benzene rings is 1. The fourth-order valence-electron chi connectivity index (χ4n) is 1.82. The van der Waals surface area contributed by atoms with E-state index in [2.05, 4.69) is 5.10 Å². The van der Waals surface area contributed by atoms with Gasteiger partial charge >= 0.3 is 0 Å². The Morgan fingerprint density at radius 3 is 2.74 bits per heavy atom. The second-order valence-corrected chi connectivity index (χ2v) is 4.72. The molecule has 0 saturated heterocycles. The molecule has 0 spiro atoms. The maximum atomic E-state index is 11.7. The van der Waals surface area contributed by atoms with Gasteiger partial charge < -0.3 is 10.0 Å². The summed E-state index contributed by atoms with van der Waals surface area (Å²) in [4.78, 5) is 13.2. The van der Waals surface area contributed by atoms with E-state index in [1.54, 1.807) is 42.0 Å². The molecule has 1 N–H and O–H groups in total. The van der Waals surface area contributed by atoms with Gasteiger partial charge in [-0.3, -0.25) is 9.48 Å². The van der Waals surface area contributed by atoms with Crippen molar-refractivity contribution in [3.05, 3.63) is 36.2 Å². The van der Waals surface area contributed by atoms with Gasteiger partial charge in [-0.05, 0) is 17.7 Å². The highest BCUT2D eigenvalue weighted by Crippen LogP contribution is 2.29. The molecule has 5 nitrogen and oxygen atoms in total. The molecule has 0 atom stereocenters. The van der Waals surface area contributed by atoms with Gasteiger partial charge in [0.1, 0.15) is 5.75 Å². The Morgan fingerprint density at radius 2 is 2.16 bits per heavy atom. The van der Waals surface area contributed by atoms with Crippen LogP contribution in [0.3, 0.4) is 0 Å². The van der Waals surface area contributed by atoms with Crippen LogP contribution in [0, 0.1) is 0 Å². The Labute approximate surface area is 112 Å². The molecule has 0 aliphatic heterocycles. The number of hydrogen-bond donors (Lipinski definition) is 1. The predicted molar refractivity (Wildman–Crippen MR) is 72.7 cm³/mol. The van der Waals surface area contributed by atoms with Gasteiger partial charge in [-0.15, -0.1) is 0 Å². The number of carbonyl (C=O) groups excluding carboxylic acids is 1. The van der Waals surface area contributed by atoms with Crippen LogP contribution in [-0.4, -0.2) is 39.8 Å². The Bertz CT molecular complexity index is 602. The molecule has 100 valence electrons.